The number of para-hydroxylation sites is 2. The Labute approximate surface area is 205 Å². The molecule has 0 aliphatic carbocycles. The van der Waals surface area contributed by atoms with E-state index in [4.69, 9.17) is 23.9 Å². The Morgan fingerprint density at radius 1 is 1.06 bits per heavy atom. The number of nitrogens with one attached hydrogen (secondary N) is 1. The molecule has 0 radical (unpaired) electrons. The molecule has 1 atom stereocenters. The summed E-state index contributed by atoms with van der Waals surface area (Å²) < 4.78 is 24.6. The Hall–Kier alpha value is -3.52. The normalized spacial score (nSPS) is 15.0. The van der Waals surface area contributed by atoms with Gasteiger partial charge in [0.1, 0.15) is 6.61 Å². The molecule has 0 fully saturated rings. The number of hydrogen-bond acceptors (Lipinski definition) is 7. The van der Waals surface area contributed by atoms with Crippen LogP contribution in [0.2, 0.25) is 0 Å². The van der Waals surface area contributed by atoms with E-state index in [1.54, 1.807) is 7.11 Å². The standard InChI is InChI=1S/C27H33N3O5/c1-5-7-14-34-22-13-12-19(17-23(22)33-6-2)25-24(26(31)35-16-15-32-4)18(3)28-27-29-20-10-8-9-11-21(20)30(25)27/h8-13,17,25H,5-7,14-16H2,1-4H3,(H,28,29)/t25-/m1/s1. The number of anilines is 1. The number of imidazole rings is 1. The fourth-order valence-electron chi connectivity index (χ4n) is 4.25. The van der Waals surface area contributed by atoms with Crippen LogP contribution in [0.5, 0.6) is 11.5 Å². The van der Waals surface area contributed by atoms with Crippen molar-refractivity contribution in [2.24, 2.45) is 0 Å². The van der Waals surface area contributed by atoms with Gasteiger partial charge in [0.15, 0.2) is 11.5 Å². The second-order valence-electron chi connectivity index (χ2n) is 8.33. The third-order valence-electron chi connectivity index (χ3n) is 5.91. The lowest BCUT2D eigenvalue weighted by Gasteiger charge is -2.30. The highest BCUT2D eigenvalue weighted by Crippen LogP contribution is 2.42. The van der Waals surface area contributed by atoms with Crippen molar-refractivity contribution in [1.82, 2.24) is 9.55 Å². The second kappa shape index (κ2) is 11.3. The summed E-state index contributed by atoms with van der Waals surface area (Å²) in [6, 6.07) is 13.3. The quantitative estimate of drug-likeness (QED) is 0.303. The molecule has 2 heterocycles. The summed E-state index contributed by atoms with van der Waals surface area (Å²) in [7, 11) is 1.58. The first-order chi connectivity index (χ1) is 17.1. The van der Waals surface area contributed by atoms with Crippen LogP contribution < -0.4 is 14.8 Å². The van der Waals surface area contributed by atoms with Crippen LogP contribution in [0.4, 0.5) is 5.95 Å². The van der Waals surface area contributed by atoms with Gasteiger partial charge in [-0.25, -0.2) is 9.78 Å². The van der Waals surface area contributed by atoms with Crippen molar-refractivity contribution in [1.29, 1.82) is 0 Å². The van der Waals surface area contributed by atoms with E-state index in [9.17, 15) is 4.79 Å². The van der Waals surface area contributed by atoms with Gasteiger partial charge in [0.25, 0.3) is 0 Å². The Kier molecular flexibility index (Phi) is 7.92. The van der Waals surface area contributed by atoms with Crippen molar-refractivity contribution < 1.29 is 23.7 Å². The number of rotatable bonds is 11. The predicted molar refractivity (Wildman–Crippen MR) is 135 cm³/mol. The van der Waals surface area contributed by atoms with E-state index in [-0.39, 0.29) is 6.61 Å². The second-order valence-corrected chi connectivity index (χ2v) is 8.33. The topological polar surface area (TPSA) is 83.8 Å². The molecule has 35 heavy (non-hydrogen) atoms. The Balaban J connectivity index is 1.82. The molecule has 3 aromatic rings. The first kappa shape index (κ1) is 24.6. The van der Waals surface area contributed by atoms with Gasteiger partial charge >= 0.3 is 5.97 Å². The van der Waals surface area contributed by atoms with Crippen LogP contribution in [0.15, 0.2) is 53.7 Å². The third-order valence-corrected chi connectivity index (χ3v) is 5.91. The van der Waals surface area contributed by atoms with Crippen LogP contribution >= 0.6 is 0 Å². The molecule has 0 unspecified atom stereocenters. The van der Waals surface area contributed by atoms with Crippen LogP contribution in [0.3, 0.4) is 0 Å². The average Bonchev–Trinajstić information content (AvgIpc) is 3.22. The maximum Gasteiger partial charge on any atom is 0.338 e. The van der Waals surface area contributed by atoms with Gasteiger partial charge in [0.2, 0.25) is 5.95 Å². The molecular weight excluding hydrogens is 446 g/mol. The zero-order valence-electron chi connectivity index (χ0n) is 20.8. The lowest BCUT2D eigenvalue weighted by atomic mass is 9.94. The third kappa shape index (κ3) is 5.12. The molecule has 1 N–H and O–H groups in total. The summed E-state index contributed by atoms with van der Waals surface area (Å²) in [6.45, 7) is 7.56. The number of aromatic nitrogens is 2. The van der Waals surface area contributed by atoms with E-state index in [1.807, 2.05) is 60.9 Å². The number of allylic oxidation sites excluding steroid dienone is 1. The van der Waals surface area contributed by atoms with Gasteiger partial charge in [-0.1, -0.05) is 31.5 Å². The monoisotopic (exact) mass is 479 g/mol. The van der Waals surface area contributed by atoms with Gasteiger partial charge in [-0.3, -0.25) is 4.57 Å². The molecule has 1 aliphatic heterocycles. The molecule has 0 saturated carbocycles. The lowest BCUT2D eigenvalue weighted by Crippen LogP contribution is -2.29. The summed E-state index contributed by atoms with van der Waals surface area (Å²) in [4.78, 5) is 18.1. The van der Waals surface area contributed by atoms with E-state index in [0.29, 0.717) is 48.5 Å². The van der Waals surface area contributed by atoms with E-state index >= 15 is 0 Å². The van der Waals surface area contributed by atoms with Crippen molar-refractivity contribution in [2.75, 3.05) is 38.9 Å². The number of carbonyl (C=O) groups excluding carboxylic acids is 1. The van der Waals surface area contributed by atoms with Gasteiger partial charge < -0.3 is 24.3 Å². The van der Waals surface area contributed by atoms with Gasteiger partial charge in [-0.05, 0) is 50.1 Å². The fourth-order valence-corrected chi connectivity index (χ4v) is 4.25. The SMILES string of the molecule is CCCCOc1ccc([C@@H]2C(C(=O)OCCOC)=C(C)Nc3nc4ccccc4n32)cc1OCC. The smallest absolute Gasteiger partial charge is 0.338 e. The molecule has 0 amide bonds. The lowest BCUT2D eigenvalue weighted by molar-refractivity contribution is -0.140. The highest BCUT2D eigenvalue weighted by Gasteiger charge is 2.35. The maximum atomic E-state index is 13.3. The fraction of sp³-hybridized carbons (Fsp3) is 0.407. The molecule has 2 aromatic carbocycles. The molecule has 1 aromatic heterocycles. The Morgan fingerprint density at radius 2 is 1.89 bits per heavy atom. The zero-order valence-corrected chi connectivity index (χ0v) is 20.8. The molecular formula is C27H33N3O5. The van der Waals surface area contributed by atoms with Gasteiger partial charge in [0.05, 0.1) is 42.5 Å². The minimum atomic E-state index is -0.461. The van der Waals surface area contributed by atoms with Crippen molar-refractivity contribution >= 4 is 23.0 Å². The minimum Gasteiger partial charge on any atom is -0.490 e. The van der Waals surface area contributed by atoms with Crippen molar-refractivity contribution in [3.8, 4) is 11.5 Å². The van der Waals surface area contributed by atoms with Crippen molar-refractivity contribution in [2.45, 2.75) is 39.7 Å². The Bertz CT molecular complexity index is 1220. The molecule has 186 valence electrons. The van der Waals surface area contributed by atoms with Crippen LogP contribution in [-0.4, -0.2) is 49.1 Å². The maximum absolute atomic E-state index is 13.3. The molecule has 1 aliphatic rings. The van der Waals surface area contributed by atoms with Gasteiger partial charge in [-0.2, -0.15) is 0 Å². The molecule has 8 nitrogen and oxygen atoms in total. The van der Waals surface area contributed by atoms with E-state index in [1.165, 1.54) is 0 Å². The minimum absolute atomic E-state index is 0.171. The van der Waals surface area contributed by atoms with E-state index in [0.717, 1.165) is 29.4 Å². The summed E-state index contributed by atoms with van der Waals surface area (Å²) >= 11 is 0. The largest absolute Gasteiger partial charge is 0.490 e. The molecule has 4 rings (SSSR count). The number of nitrogens with zero attached hydrogens (tertiary/aromatic N) is 2. The number of esters is 1. The number of fused-ring (bicyclic) bond motifs is 3. The zero-order chi connectivity index (χ0) is 24.8. The number of carbonyl (C=O) groups is 1. The van der Waals surface area contributed by atoms with Crippen LogP contribution in [0, 0.1) is 0 Å². The van der Waals surface area contributed by atoms with E-state index < -0.39 is 12.0 Å². The number of methoxy groups -OCH3 is 1. The van der Waals surface area contributed by atoms with Gasteiger partial charge in [-0.15, -0.1) is 0 Å². The molecule has 8 heteroatoms. The van der Waals surface area contributed by atoms with Crippen LogP contribution in [0.25, 0.3) is 11.0 Å². The average molecular weight is 480 g/mol. The van der Waals surface area contributed by atoms with Crippen LogP contribution in [-0.2, 0) is 14.3 Å². The number of hydrogen-bond donors (Lipinski definition) is 1. The van der Waals surface area contributed by atoms with E-state index in [2.05, 4.69) is 12.2 Å². The summed E-state index contributed by atoms with van der Waals surface area (Å²) in [5.74, 6) is 1.61. The molecule has 0 spiro atoms. The van der Waals surface area contributed by atoms with Crippen molar-refractivity contribution in [3.05, 3.63) is 59.3 Å². The molecule has 0 saturated heterocycles. The Morgan fingerprint density at radius 3 is 2.66 bits per heavy atom. The summed E-state index contributed by atoms with van der Waals surface area (Å²) in [5, 5.41) is 3.30. The summed E-state index contributed by atoms with van der Waals surface area (Å²) in [6.07, 6.45) is 2.01. The number of unbranched alkanes of at least 4 members (excludes halogenated alkanes) is 1. The van der Waals surface area contributed by atoms with Gasteiger partial charge in [0, 0.05) is 12.8 Å². The van der Waals surface area contributed by atoms with Crippen LogP contribution in [0.1, 0.15) is 45.2 Å². The predicted octanol–water partition coefficient (Wildman–Crippen LogP) is 5.09. The number of ether oxygens (including phenoxy) is 4. The highest BCUT2D eigenvalue weighted by atomic mass is 16.6. The van der Waals surface area contributed by atoms with Crippen molar-refractivity contribution in [3.63, 3.8) is 0 Å². The molecule has 0 bridgehead atoms. The number of benzene rings is 2. The summed E-state index contributed by atoms with van der Waals surface area (Å²) in [5.41, 5.74) is 3.84. The first-order valence-corrected chi connectivity index (χ1v) is 12.1. The highest BCUT2D eigenvalue weighted by molar-refractivity contribution is 5.94. The first-order valence-electron chi connectivity index (χ1n) is 12.1.